The molecule has 3 rings (SSSR count). The molecule has 7 heteroatoms. The van der Waals surface area contributed by atoms with Crippen LogP contribution < -0.4 is 10.6 Å². The molecule has 0 unspecified atom stereocenters. The quantitative estimate of drug-likeness (QED) is 0.627. The summed E-state index contributed by atoms with van der Waals surface area (Å²) in [5.74, 6) is -0.805. The first kappa shape index (κ1) is 18.6. The van der Waals surface area contributed by atoms with Crippen molar-refractivity contribution >= 4 is 17.5 Å². The lowest BCUT2D eigenvalue weighted by molar-refractivity contribution is -0.384. The molecule has 2 amide bonds. The smallest absolute Gasteiger partial charge is 0.270 e. The number of nitrogens with zero attached hydrogens (tertiary/aromatic N) is 1. The molecule has 0 aliphatic heterocycles. The van der Waals surface area contributed by atoms with Gasteiger partial charge < -0.3 is 10.6 Å². The van der Waals surface area contributed by atoms with E-state index in [-0.39, 0.29) is 23.2 Å². The first-order valence-corrected chi connectivity index (χ1v) is 8.89. The molecule has 0 radical (unpaired) electrons. The molecule has 0 spiro atoms. The average Bonchev–Trinajstić information content (AvgIpc) is 2.68. The Balaban J connectivity index is 1.64. The molecular formula is C20H21N3O4. The van der Waals surface area contributed by atoms with Gasteiger partial charge in [-0.2, -0.15) is 0 Å². The zero-order chi connectivity index (χ0) is 19.4. The fraction of sp³-hybridized carbons (Fsp3) is 0.300. The van der Waals surface area contributed by atoms with Crippen molar-refractivity contribution in [2.75, 3.05) is 0 Å². The van der Waals surface area contributed by atoms with Crippen molar-refractivity contribution in [2.45, 2.75) is 38.3 Å². The number of carbonyl (C=O) groups is 2. The topological polar surface area (TPSA) is 101 Å². The van der Waals surface area contributed by atoms with Crippen LogP contribution in [0.5, 0.6) is 0 Å². The van der Waals surface area contributed by atoms with E-state index in [4.69, 9.17) is 0 Å². The molecule has 0 bridgehead atoms. The number of nitro benzene ring substituents is 1. The van der Waals surface area contributed by atoms with Crippen LogP contribution in [-0.2, 0) is 11.2 Å². The summed E-state index contributed by atoms with van der Waals surface area (Å²) in [5.41, 5.74) is 2.34. The number of nitrogens with one attached hydrogen (secondary N) is 2. The van der Waals surface area contributed by atoms with Crippen LogP contribution in [0.3, 0.4) is 0 Å². The molecule has 0 heterocycles. The number of benzene rings is 2. The number of aryl methyl sites for hydroxylation is 1. The van der Waals surface area contributed by atoms with Gasteiger partial charge in [0.25, 0.3) is 11.6 Å². The first-order chi connectivity index (χ1) is 13.0. The van der Waals surface area contributed by atoms with E-state index < -0.39 is 16.9 Å². The van der Waals surface area contributed by atoms with Crippen molar-refractivity contribution in [3.8, 4) is 0 Å². The van der Waals surface area contributed by atoms with Gasteiger partial charge in [0.2, 0.25) is 5.91 Å². The SMILES string of the molecule is C[C@H](NC(=O)c1cccc([N+](=O)[O-])c1)C(=O)N[C@H]1CCCc2ccccc21. The summed E-state index contributed by atoms with van der Waals surface area (Å²) in [6.07, 6.45) is 2.85. The number of non-ortho nitro benzene ring substituents is 1. The Morgan fingerprint density at radius 2 is 1.96 bits per heavy atom. The molecule has 7 nitrogen and oxygen atoms in total. The highest BCUT2D eigenvalue weighted by atomic mass is 16.6. The maximum Gasteiger partial charge on any atom is 0.270 e. The largest absolute Gasteiger partial charge is 0.348 e. The highest BCUT2D eigenvalue weighted by molar-refractivity contribution is 5.97. The van der Waals surface area contributed by atoms with Crippen molar-refractivity contribution in [2.24, 2.45) is 0 Å². The third-order valence-electron chi connectivity index (χ3n) is 4.75. The van der Waals surface area contributed by atoms with Crippen molar-refractivity contribution in [1.29, 1.82) is 0 Å². The van der Waals surface area contributed by atoms with Gasteiger partial charge in [0.1, 0.15) is 6.04 Å². The van der Waals surface area contributed by atoms with Gasteiger partial charge in [0.15, 0.2) is 0 Å². The van der Waals surface area contributed by atoms with Crippen molar-refractivity contribution < 1.29 is 14.5 Å². The molecule has 0 fully saturated rings. The number of rotatable bonds is 5. The summed E-state index contributed by atoms with van der Waals surface area (Å²) >= 11 is 0. The monoisotopic (exact) mass is 367 g/mol. The number of hydrogen-bond acceptors (Lipinski definition) is 4. The van der Waals surface area contributed by atoms with E-state index in [9.17, 15) is 19.7 Å². The lowest BCUT2D eigenvalue weighted by Crippen LogP contribution is -2.46. The van der Waals surface area contributed by atoms with Gasteiger partial charge in [0, 0.05) is 17.7 Å². The fourth-order valence-electron chi connectivity index (χ4n) is 3.31. The Kier molecular flexibility index (Phi) is 5.49. The summed E-state index contributed by atoms with van der Waals surface area (Å²) in [5, 5.41) is 16.4. The van der Waals surface area contributed by atoms with E-state index in [1.165, 1.54) is 29.8 Å². The molecule has 0 aromatic heterocycles. The highest BCUT2D eigenvalue weighted by Crippen LogP contribution is 2.29. The molecule has 2 aromatic rings. The minimum absolute atomic E-state index is 0.0698. The molecule has 2 aromatic carbocycles. The van der Waals surface area contributed by atoms with Crippen LogP contribution in [0.4, 0.5) is 5.69 Å². The van der Waals surface area contributed by atoms with Gasteiger partial charge >= 0.3 is 0 Å². The van der Waals surface area contributed by atoms with Crippen LogP contribution in [0.25, 0.3) is 0 Å². The third-order valence-corrected chi connectivity index (χ3v) is 4.75. The number of amides is 2. The summed E-state index contributed by atoms with van der Waals surface area (Å²) in [7, 11) is 0. The average molecular weight is 367 g/mol. The maximum atomic E-state index is 12.5. The van der Waals surface area contributed by atoms with Gasteiger partial charge in [-0.25, -0.2) is 0 Å². The van der Waals surface area contributed by atoms with E-state index in [0.29, 0.717) is 0 Å². The summed E-state index contributed by atoms with van der Waals surface area (Å²) in [6, 6.07) is 12.6. The summed E-state index contributed by atoms with van der Waals surface area (Å²) in [4.78, 5) is 35.1. The van der Waals surface area contributed by atoms with Gasteiger partial charge in [-0.05, 0) is 43.4 Å². The van der Waals surface area contributed by atoms with E-state index in [2.05, 4.69) is 16.7 Å². The summed E-state index contributed by atoms with van der Waals surface area (Å²) < 4.78 is 0. The predicted octanol–water partition coefficient (Wildman–Crippen LogP) is 2.91. The summed E-state index contributed by atoms with van der Waals surface area (Å²) in [6.45, 7) is 1.60. The Morgan fingerprint density at radius 3 is 2.74 bits per heavy atom. The van der Waals surface area contributed by atoms with E-state index in [1.807, 2.05) is 18.2 Å². The zero-order valence-corrected chi connectivity index (χ0v) is 15.0. The minimum Gasteiger partial charge on any atom is -0.348 e. The van der Waals surface area contributed by atoms with Crippen LogP contribution in [-0.4, -0.2) is 22.8 Å². The van der Waals surface area contributed by atoms with E-state index in [1.54, 1.807) is 6.92 Å². The first-order valence-electron chi connectivity index (χ1n) is 8.89. The molecule has 2 N–H and O–H groups in total. The van der Waals surface area contributed by atoms with Crippen molar-refractivity contribution in [1.82, 2.24) is 10.6 Å². The number of carbonyl (C=O) groups excluding carboxylic acids is 2. The lowest BCUT2D eigenvalue weighted by atomic mass is 9.87. The maximum absolute atomic E-state index is 12.5. The second kappa shape index (κ2) is 7.99. The molecular weight excluding hydrogens is 346 g/mol. The minimum atomic E-state index is -0.758. The molecule has 1 aliphatic carbocycles. The predicted molar refractivity (Wildman–Crippen MR) is 100 cm³/mol. The van der Waals surface area contributed by atoms with E-state index in [0.717, 1.165) is 24.8 Å². The fourth-order valence-corrected chi connectivity index (χ4v) is 3.31. The van der Waals surface area contributed by atoms with Gasteiger partial charge in [-0.3, -0.25) is 19.7 Å². The number of nitro groups is 1. The Bertz CT molecular complexity index is 881. The zero-order valence-electron chi connectivity index (χ0n) is 15.0. The van der Waals surface area contributed by atoms with Crippen LogP contribution in [0.1, 0.15) is 47.3 Å². The number of fused-ring (bicyclic) bond motifs is 1. The molecule has 0 saturated heterocycles. The van der Waals surface area contributed by atoms with Crippen molar-refractivity contribution in [3.05, 3.63) is 75.3 Å². The Labute approximate surface area is 156 Å². The normalized spacial score (nSPS) is 16.7. The van der Waals surface area contributed by atoms with E-state index >= 15 is 0 Å². The van der Waals surface area contributed by atoms with Gasteiger partial charge in [-0.15, -0.1) is 0 Å². The van der Waals surface area contributed by atoms with Crippen LogP contribution >= 0.6 is 0 Å². The number of hydrogen-bond donors (Lipinski definition) is 2. The van der Waals surface area contributed by atoms with Gasteiger partial charge in [0.05, 0.1) is 11.0 Å². The highest BCUT2D eigenvalue weighted by Gasteiger charge is 2.24. The van der Waals surface area contributed by atoms with Crippen LogP contribution in [0.15, 0.2) is 48.5 Å². The molecule has 0 saturated carbocycles. The molecule has 140 valence electrons. The third kappa shape index (κ3) is 4.31. The lowest BCUT2D eigenvalue weighted by Gasteiger charge is -2.27. The standard InChI is InChI=1S/C20H21N3O4/c1-13(21-20(25)15-8-4-9-16(12-15)23(26)27)19(24)22-18-11-5-7-14-6-2-3-10-17(14)18/h2-4,6,8-10,12-13,18H,5,7,11H2,1H3,(H,21,25)(H,22,24)/t13-,18-/m0/s1. The van der Waals surface area contributed by atoms with Crippen LogP contribution in [0, 0.1) is 10.1 Å². The molecule has 27 heavy (non-hydrogen) atoms. The second-order valence-electron chi connectivity index (χ2n) is 6.65. The molecule has 1 aliphatic rings. The van der Waals surface area contributed by atoms with Crippen LogP contribution in [0.2, 0.25) is 0 Å². The van der Waals surface area contributed by atoms with Gasteiger partial charge in [-0.1, -0.05) is 30.3 Å². The van der Waals surface area contributed by atoms with Crippen molar-refractivity contribution in [3.63, 3.8) is 0 Å². The Hall–Kier alpha value is -3.22. The second-order valence-corrected chi connectivity index (χ2v) is 6.65. The molecule has 2 atom stereocenters. The Morgan fingerprint density at radius 1 is 1.19 bits per heavy atom.